The van der Waals surface area contributed by atoms with E-state index in [0.717, 1.165) is 18.5 Å². The molecule has 0 atom stereocenters. The first-order valence-corrected chi connectivity index (χ1v) is 8.72. The second kappa shape index (κ2) is 6.87. The molecule has 6 N–H and O–H groups in total. The van der Waals surface area contributed by atoms with Crippen LogP contribution in [0.4, 0.5) is 5.82 Å². The number of fused-ring (bicyclic) bond motifs is 1. The monoisotopic (exact) mass is 346 g/mol. The van der Waals surface area contributed by atoms with Gasteiger partial charge in [-0.1, -0.05) is 13.8 Å². The number of hydrazine groups is 1. The Morgan fingerprint density at radius 2 is 1.84 bits per heavy atom. The first-order chi connectivity index (χ1) is 11.7. The lowest BCUT2D eigenvalue weighted by Gasteiger charge is -2.21. The molecule has 0 aliphatic heterocycles. The van der Waals surface area contributed by atoms with Gasteiger partial charge in [-0.3, -0.25) is 0 Å². The number of aromatic nitrogens is 4. The van der Waals surface area contributed by atoms with Crippen molar-refractivity contribution in [3.63, 3.8) is 0 Å². The molecule has 0 radical (unpaired) electrons. The molecule has 8 nitrogen and oxygen atoms in total. The van der Waals surface area contributed by atoms with Crippen molar-refractivity contribution in [3.05, 3.63) is 17.7 Å². The van der Waals surface area contributed by atoms with Gasteiger partial charge in [0.25, 0.3) is 0 Å². The molecule has 1 aliphatic carbocycles. The molecular formula is C17H30N8. The molecule has 25 heavy (non-hydrogen) atoms. The average molecular weight is 346 g/mol. The summed E-state index contributed by atoms with van der Waals surface area (Å²) in [5, 5.41) is 7.06. The molecular weight excluding hydrogens is 316 g/mol. The van der Waals surface area contributed by atoms with Crippen LogP contribution in [-0.4, -0.2) is 30.8 Å². The Balaban J connectivity index is 0.00000109. The summed E-state index contributed by atoms with van der Waals surface area (Å²) in [7, 11) is 0. The fourth-order valence-electron chi connectivity index (χ4n) is 2.57. The van der Waals surface area contributed by atoms with E-state index in [2.05, 4.69) is 15.1 Å². The third-order valence-electron chi connectivity index (χ3n) is 4.10. The molecule has 0 amide bonds. The van der Waals surface area contributed by atoms with Crippen molar-refractivity contribution in [3.8, 4) is 0 Å². The topological polar surface area (TPSA) is 125 Å². The van der Waals surface area contributed by atoms with Crippen LogP contribution in [0.25, 0.3) is 16.7 Å². The van der Waals surface area contributed by atoms with Crippen LogP contribution in [0, 0.1) is 0 Å². The zero-order valence-electron chi connectivity index (χ0n) is 16.0. The fourth-order valence-corrected chi connectivity index (χ4v) is 2.57. The minimum Gasteiger partial charge on any atom is -0.395 e. The summed E-state index contributed by atoms with van der Waals surface area (Å²) in [5.74, 6) is 6.50. The molecule has 3 rings (SSSR count). The van der Waals surface area contributed by atoms with Gasteiger partial charge in [0.15, 0.2) is 5.65 Å². The predicted molar refractivity (Wildman–Crippen MR) is 102 cm³/mol. The summed E-state index contributed by atoms with van der Waals surface area (Å²) < 4.78 is 1.83. The summed E-state index contributed by atoms with van der Waals surface area (Å²) in [6.07, 6.45) is 3.62. The van der Waals surface area contributed by atoms with Crippen molar-refractivity contribution in [2.75, 3.05) is 5.73 Å². The van der Waals surface area contributed by atoms with Gasteiger partial charge in [0.1, 0.15) is 17.8 Å². The molecule has 0 saturated heterocycles. The summed E-state index contributed by atoms with van der Waals surface area (Å²) in [4.78, 5) is 8.44. The van der Waals surface area contributed by atoms with E-state index in [9.17, 15) is 0 Å². The first-order valence-electron chi connectivity index (χ1n) is 8.72. The Morgan fingerprint density at radius 1 is 1.24 bits per heavy atom. The molecule has 0 spiro atoms. The highest BCUT2D eigenvalue weighted by Crippen LogP contribution is 2.32. The summed E-state index contributed by atoms with van der Waals surface area (Å²) >= 11 is 0. The van der Waals surface area contributed by atoms with Gasteiger partial charge in [-0.15, -0.1) is 0 Å². The maximum Gasteiger partial charge on any atom is 0.164 e. The normalized spacial score (nSPS) is 15.5. The van der Waals surface area contributed by atoms with Crippen molar-refractivity contribution in [2.45, 2.75) is 66.0 Å². The van der Waals surface area contributed by atoms with Crippen LogP contribution in [-0.2, 0) is 5.54 Å². The van der Waals surface area contributed by atoms with Crippen LogP contribution in [0.1, 0.15) is 60.1 Å². The van der Waals surface area contributed by atoms with Gasteiger partial charge in [0.2, 0.25) is 0 Å². The number of hydrogen-bond donors (Lipinski definition) is 3. The fraction of sp³-hybridized carbons (Fsp3) is 0.588. The number of nitrogen functional groups attached to an aromatic ring is 1. The molecule has 1 fully saturated rings. The van der Waals surface area contributed by atoms with Gasteiger partial charge < -0.3 is 16.5 Å². The highest BCUT2D eigenvalue weighted by molar-refractivity contribution is 5.95. The van der Waals surface area contributed by atoms with E-state index in [1.807, 2.05) is 46.2 Å². The van der Waals surface area contributed by atoms with E-state index in [1.165, 1.54) is 6.33 Å². The largest absolute Gasteiger partial charge is 0.395 e. The van der Waals surface area contributed by atoms with Gasteiger partial charge in [-0.2, -0.15) is 5.10 Å². The van der Waals surface area contributed by atoms with Crippen molar-refractivity contribution >= 4 is 22.5 Å². The molecule has 2 aromatic rings. The van der Waals surface area contributed by atoms with Crippen LogP contribution in [0.3, 0.4) is 0 Å². The number of hydrogen-bond acceptors (Lipinski definition) is 7. The summed E-state index contributed by atoms with van der Waals surface area (Å²) in [6, 6.07) is 0.359. The van der Waals surface area contributed by atoms with Crippen molar-refractivity contribution in [1.29, 1.82) is 0 Å². The van der Waals surface area contributed by atoms with Crippen molar-refractivity contribution < 1.29 is 0 Å². The second-order valence-electron chi connectivity index (χ2n) is 7.03. The van der Waals surface area contributed by atoms with Gasteiger partial charge >= 0.3 is 0 Å². The third kappa shape index (κ3) is 3.53. The number of rotatable bonds is 3. The minimum atomic E-state index is -0.260. The number of allylic oxidation sites excluding steroid dienone is 1. The van der Waals surface area contributed by atoms with E-state index in [4.69, 9.17) is 17.3 Å². The average Bonchev–Trinajstić information content (AvgIpc) is 3.34. The number of nitrogens with two attached hydrogens (primary N) is 3. The lowest BCUT2D eigenvalue weighted by Crippen LogP contribution is -2.33. The third-order valence-corrected chi connectivity index (χ3v) is 4.10. The number of anilines is 1. The molecule has 2 heterocycles. The predicted octanol–water partition coefficient (Wildman–Crippen LogP) is 2.17. The Labute approximate surface area is 149 Å². The zero-order valence-corrected chi connectivity index (χ0v) is 16.0. The molecule has 8 heteroatoms. The van der Waals surface area contributed by atoms with E-state index in [1.54, 1.807) is 5.01 Å². The Morgan fingerprint density at radius 3 is 2.36 bits per heavy atom. The Bertz CT molecular complexity index is 780. The zero-order chi connectivity index (χ0) is 18.9. The van der Waals surface area contributed by atoms with Gasteiger partial charge in [0.05, 0.1) is 22.3 Å². The first kappa shape index (κ1) is 19.0. The maximum atomic E-state index is 6.37. The molecule has 1 saturated carbocycles. The van der Waals surface area contributed by atoms with Crippen LogP contribution >= 0.6 is 0 Å². The van der Waals surface area contributed by atoms with E-state index >= 15 is 0 Å². The van der Waals surface area contributed by atoms with E-state index in [0.29, 0.717) is 34.3 Å². The molecule has 0 bridgehead atoms. The Hall–Kier alpha value is -2.35. The quantitative estimate of drug-likeness (QED) is 0.574. The second-order valence-corrected chi connectivity index (χ2v) is 7.03. The maximum absolute atomic E-state index is 6.37. The van der Waals surface area contributed by atoms with Crippen LogP contribution in [0.5, 0.6) is 0 Å². The van der Waals surface area contributed by atoms with Gasteiger partial charge in [0, 0.05) is 6.04 Å². The highest BCUT2D eigenvalue weighted by atomic mass is 15.4. The van der Waals surface area contributed by atoms with E-state index < -0.39 is 0 Å². The van der Waals surface area contributed by atoms with Gasteiger partial charge in [-0.05, 0) is 40.5 Å². The van der Waals surface area contributed by atoms with Crippen molar-refractivity contribution in [1.82, 2.24) is 24.8 Å². The Kier molecular flexibility index (Phi) is 5.22. The minimum absolute atomic E-state index is 0.260. The van der Waals surface area contributed by atoms with Gasteiger partial charge in [-0.25, -0.2) is 20.5 Å². The number of nitrogens with zero attached hydrogens (tertiary/aromatic N) is 5. The SMILES string of the molecule is C/C(=C(/N)c1nn(C(C)(C)C)c2ncnc(N)c12)N(N)C1CC1.CC. The van der Waals surface area contributed by atoms with Crippen LogP contribution in [0.2, 0.25) is 0 Å². The van der Waals surface area contributed by atoms with Crippen LogP contribution in [0.15, 0.2) is 12.0 Å². The smallest absolute Gasteiger partial charge is 0.164 e. The highest BCUT2D eigenvalue weighted by Gasteiger charge is 2.30. The lowest BCUT2D eigenvalue weighted by molar-refractivity contribution is 0.349. The van der Waals surface area contributed by atoms with E-state index in [-0.39, 0.29) is 5.54 Å². The molecule has 0 unspecified atom stereocenters. The molecule has 1 aliphatic rings. The van der Waals surface area contributed by atoms with Crippen molar-refractivity contribution in [2.24, 2.45) is 11.6 Å². The van der Waals surface area contributed by atoms with Crippen LogP contribution < -0.4 is 17.3 Å². The molecule has 2 aromatic heterocycles. The summed E-state index contributed by atoms with van der Waals surface area (Å²) in [6.45, 7) is 12.0. The molecule has 138 valence electrons. The summed E-state index contributed by atoms with van der Waals surface area (Å²) in [5.41, 5.74) is 14.7. The lowest BCUT2D eigenvalue weighted by atomic mass is 10.1. The standard InChI is InChI=1S/C15H24N8.C2H6/c1-8(22(18)9-5-6-9)11(16)12-10-13(17)19-7-20-14(10)23(21-12)15(2,3)4;1-2/h7,9H,5-6,16,18H2,1-4H3,(H2,17,19,20);1-2H3/b11-8-;. The molecule has 0 aromatic carbocycles.